The molecule has 2 unspecified atom stereocenters. The number of hydrogen-bond acceptors (Lipinski definition) is 3. The summed E-state index contributed by atoms with van der Waals surface area (Å²) in [6, 6.07) is 0.930. The molecule has 3 heteroatoms. The normalized spacial score (nSPS) is 35.1. The summed E-state index contributed by atoms with van der Waals surface area (Å²) < 4.78 is 5.42. The molecule has 0 bridgehead atoms. The zero-order valence-corrected chi connectivity index (χ0v) is 11.5. The molecule has 0 radical (unpaired) electrons. The molecule has 1 heterocycles. The van der Waals surface area contributed by atoms with E-state index in [1.165, 1.54) is 0 Å². The SMILES string of the molecule is CN(C1CCOCC1)C1CC(C)(C)CCC1O. The first kappa shape index (κ1) is 13.3. The molecule has 100 valence electrons. The summed E-state index contributed by atoms with van der Waals surface area (Å²) in [5, 5.41) is 10.2. The number of hydrogen-bond donors (Lipinski definition) is 1. The molecule has 0 aromatic rings. The highest BCUT2D eigenvalue weighted by atomic mass is 16.5. The Morgan fingerprint density at radius 3 is 2.47 bits per heavy atom. The summed E-state index contributed by atoms with van der Waals surface area (Å²) in [6.45, 7) is 6.40. The smallest absolute Gasteiger partial charge is 0.0695 e. The monoisotopic (exact) mass is 241 g/mol. The molecule has 2 fully saturated rings. The third-order valence-electron chi connectivity index (χ3n) is 4.61. The fourth-order valence-electron chi connectivity index (χ4n) is 3.31. The van der Waals surface area contributed by atoms with E-state index in [1.54, 1.807) is 0 Å². The molecular formula is C14H27NO2. The maximum absolute atomic E-state index is 10.2. The summed E-state index contributed by atoms with van der Waals surface area (Å²) >= 11 is 0. The number of ether oxygens (including phenoxy) is 1. The second-order valence-corrected chi connectivity index (χ2v) is 6.55. The van der Waals surface area contributed by atoms with Crippen molar-refractivity contribution < 1.29 is 9.84 Å². The van der Waals surface area contributed by atoms with Crippen LogP contribution >= 0.6 is 0 Å². The maximum Gasteiger partial charge on any atom is 0.0695 e. The van der Waals surface area contributed by atoms with Crippen LogP contribution in [0.25, 0.3) is 0 Å². The Bertz CT molecular complexity index is 249. The minimum Gasteiger partial charge on any atom is -0.391 e. The van der Waals surface area contributed by atoms with Crippen LogP contribution in [0.4, 0.5) is 0 Å². The first-order valence-corrected chi connectivity index (χ1v) is 6.97. The van der Waals surface area contributed by atoms with E-state index in [9.17, 15) is 5.11 Å². The van der Waals surface area contributed by atoms with E-state index < -0.39 is 0 Å². The van der Waals surface area contributed by atoms with Crippen LogP contribution < -0.4 is 0 Å². The largest absolute Gasteiger partial charge is 0.391 e. The van der Waals surface area contributed by atoms with Gasteiger partial charge in [-0.05, 0) is 44.6 Å². The van der Waals surface area contributed by atoms with Gasteiger partial charge in [-0.2, -0.15) is 0 Å². The number of nitrogens with zero attached hydrogens (tertiary/aromatic N) is 1. The molecule has 1 aliphatic carbocycles. The van der Waals surface area contributed by atoms with E-state index >= 15 is 0 Å². The van der Waals surface area contributed by atoms with Crippen molar-refractivity contribution in [2.45, 2.75) is 64.1 Å². The van der Waals surface area contributed by atoms with Crippen LogP contribution in [0.2, 0.25) is 0 Å². The molecule has 2 aliphatic rings. The molecule has 2 rings (SSSR count). The Hall–Kier alpha value is -0.120. The molecule has 0 aromatic heterocycles. The van der Waals surface area contributed by atoms with Crippen LogP contribution in [0, 0.1) is 5.41 Å². The zero-order valence-electron chi connectivity index (χ0n) is 11.5. The number of aliphatic hydroxyl groups excluding tert-OH is 1. The summed E-state index contributed by atoms with van der Waals surface area (Å²) in [5.41, 5.74) is 0.378. The lowest BCUT2D eigenvalue weighted by atomic mass is 9.73. The maximum atomic E-state index is 10.2. The molecular weight excluding hydrogens is 214 g/mol. The summed E-state index contributed by atoms with van der Waals surface area (Å²) in [6.07, 6.45) is 5.29. The Kier molecular flexibility index (Phi) is 4.11. The topological polar surface area (TPSA) is 32.7 Å². The van der Waals surface area contributed by atoms with Gasteiger partial charge in [-0.15, -0.1) is 0 Å². The standard InChI is InChI=1S/C14H27NO2/c1-14(2)7-4-13(16)12(10-14)15(3)11-5-8-17-9-6-11/h11-13,16H,4-10H2,1-3H3. The second-order valence-electron chi connectivity index (χ2n) is 6.55. The van der Waals surface area contributed by atoms with Crippen LogP contribution in [0.15, 0.2) is 0 Å². The number of rotatable bonds is 2. The molecule has 0 aromatic carbocycles. The van der Waals surface area contributed by atoms with Crippen LogP contribution in [0.3, 0.4) is 0 Å². The van der Waals surface area contributed by atoms with Crippen LogP contribution in [0.5, 0.6) is 0 Å². The van der Waals surface area contributed by atoms with Crippen molar-refractivity contribution in [3.8, 4) is 0 Å². The van der Waals surface area contributed by atoms with E-state index in [0.717, 1.165) is 45.3 Å². The molecule has 3 nitrogen and oxygen atoms in total. The second kappa shape index (κ2) is 5.25. The van der Waals surface area contributed by atoms with E-state index in [0.29, 0.717) is 17.5 Å². The van der Waals surface area contributed by atoms with Gasteiger partial charge in [-0.25, -0.2) is 0 Å². The Morgan fingerprint density at radius 1 is 1.18 bits per heavy atom. The highest BCUT2D eigenvalue weighted by molar-refractivity contribution is 4.92. The molecule has 1 saturated heterocycles. The third kappa shape index (κ3) is 3.21. The Morgan fingerprint density at radius 2 is 1.82 bits per heavy atom. The van der Waals surface area contributed by atoms with Crippen molar-refractivity contribution in [3.63, 3.8) is 0 Å². The van der Waals surface area contributed by atoms with Gasteiger partial charge in [0.2, 0.25) is 0 Å². The summed E-state index contributed by atoms with van der Waals surface area (Å²) in [5.74, 6) is 0. The quantitative estimate of drug-likeness (QED) is 0.803. The molecule has 1 N–H and O–H groups in total. The van der Waals surface area contributed by atoms with Crippen molar-refractivity contribution in [1.82, 2.24) is 4.90 Å². The van der Waals surface area contributed by atoms with Gasteiger partial charge in [0.1, 0.15) is 0 Å². The van der Waals surface area contributed by atoms with E-state index in [4.69, 9.17) is 4.74 Å². The number of likely N-dealkylation sites (N-methyl/N-ethyl adjacent to an activating group) is 1. The predicted molar refractivity (Wildman–Crippen MR) is 69.0 cm³/mol. The lowest BCUT2D eigenvalue weighted by Crippen LogP contribution is -2.52. The highest BCUT2D eigenvalue weighted by Gasteiger charge is 2.38. The Labute approximate surface area is 105 Å². The number of aliphatic hydroxyl groups is 1. The molecule has 1 aliphatic heterocycles. The zero-order chi connectivity index (χ0) is 12.5. The van der Waals surface area contributed by atoms with Crippen molar-refractivity contribution in [2.24, 2.45) is 5.41 Å². The van der Waals surface area contributed by atoms with E-state index in [2.05, 4.69) is 25.8 Å². The first-order chi connectivity index (χ1) is 7.99. The van der Waals surface area contributed by atoms with Gasteiger partial charge in [0.05, 0.1) is 6.10 Å². The van der Waals surface area contributed by atoms with Gasteiger partial charge in [0, 0.05) is 25.3 Å². The van der Waals surface area contributed by atoms with Crippen molar-refractivity contribution in [2.75, 3.05) is 20.3 Å². The van der Waals surface area contributed by atoms with Crippen LogP contribution in [-0.2, 0) is 4.74 Å². The van der Waals surface area contributed by atoms with Gasteiger partial charge in [-0.3, -0.25) is 4.90 Å². The van der Waals surface area contributed by atoms with Gasteiger partial charge < -0.3 is 9.84 Å². The van der Waals surface area contributed by atoms with Crippen molar-refractivity contribution in [3.05, 3.63) is 0 Å². The molecule has 17 heavy (non-hydrogen) atoms. The third-order valence-corrected chi connectivity index (χ3v) is 4.61. The van der Waals surface area contributed by atoms with Crippen LogP contribution in [-0.4, -0.2) is 48.5 Å². The van der Waals surface area contributed by atoms with Crippen molar-refractivity contribution >= 4 is 0 Å². The van der Waals surface area contributed by atoms with Gasteiger partial charge in [-0.1, -0.05) is 13.8 Å². The molecule has 0 spiro atoms. The van der Waals surface area contributed by atoms with E-state index in [1.807, 2.05) is 0 Å². The summed E-state index contributed by atoms with van der Waals surface area (Å²) in [7, 11) is 2.19. The molecule has 2 atom stereocenters. The van der Waals surface area contributed by atoms with Gasteiger partial charge >= 0.3 is 0 Å². The average molecular weight is 241 g/mol. The minimum absolute atomic E-state index is 0.143. The Balaban J connectivity index is 1.98. The van der Waals surface area contributed by atoms with Gasteiger partial charge in [0.25, 0.3) is 0 Å². The van der Waals surface area contributed by atoms with Crippen LogP contribution in [0.1, 0.15) is 46.0 Å². The minimum atomic E-state index is -0.143. The lowest BCUT2D eigenvalue weighted by molar-refractivity contribution is -0.0450. The first-order valence-electron chi connectivity index (χ1n) is 6.97. The van der Waals surface area contributed by atoms with Gasteiger partial charge in [0.15, 0.2) is 0 Å². The summed E-state index contributed by atoms with van der Waals surface area (Å²) in [4.78, 5) is 2.42. The fourth-order valence-corrected chi connectivity index (χ4v) is 3.31. The fraction of sp³-hybridized carbons (Fsp3) is 1.00. The molecule has 1 saturated carbocycles. The van der Waals surface area contributed by atoms with Crippen molar-refractivity contribution in [1.29, 1.82) is 0 Å². The predicted octanol–water partition coefficient (Wildman–Crippen LogP) is 2.04. The van der Waals surface area contributed by atoms with E-state index in [-0.39, 0.29) is 6.10 Å². The highest BCUT2D eigenvalue weighted by Crippen LogP contribution is 2.38. The average Bonchev–Trinajstić information content (AvgIpc) is 2.33. The molecule has 0 amide bonds. The lowest BCUT2D eigenvalue weighted by Gasteiger charge is -2.46.